The van der Waals surface area contributed by atoms with Gasteiger partial charge >= 0.3 is 0 Å². The van der Waals surface area contributed by atoms with Gasteiger partial charge in [0, 0.05) is 24.2 Å². The van der Waals surface area contributed by atoms with E-state index in [1.54, 1.807) is 0 Å². The van der Waals surface area contributed by atoms with Crippen molar-refractivity contribution in [3.05, 3.63) is 10.6 Å². The number of halogens is 1. The molecule has 4 heteroatoms. The minimum Gasteiger partial charge on any atom is -0.392 e. The van der Waals surface area contributed by atoms with E-state index in [1.807, 2.05) is 0 Å². The van der Waals surface area contributed by atoms with Gasteiger partial charge in [-0.2, -0.15) is 0 Å². The van der Waals surface area contributed by atoms with Crippen LogP contribution in [0.15, 0.2) is 10.6 Å². The minimum atomic E-state index is -0.491. The van der Waals surface area contributed by atoms with Gasteiger partial charge in [0.15, 0.2) is 5.78 Å². The summed E-state index contributed by atoms with van der Waals surface area (Å²) >= 11 is 6.38. The summed E-state index contributed by atoms with van der Waals surface area (Å²) in [6, 6.07) is 0. The highest BCUT2D eigenvalue weighted by Crippen LogP contribution is 2.65. The number of carbonyl (C=O) groups is 2. The Balaban J connectivity index is 1.75. The smallest absolute Gasteiger partial charge is 0.174 e. The highest BCUT2D eigenvalue weighted by molar-refractivity contribution is 6.43. The molecule has 126 valence electrons. The second-order valence-electron chi connectivity index (χ2n) is 8.62. The molecule has 0 bridgehead atoms. The van der Waals surface area contributed by atoms with Crippen LogP contribution in [0.5, 0.6) is 0 Å². The van der Waals surface area contributed by atoms with E-state index in [0.29, 0.717) is 29.7 Å². The largest absolute Gasteiger partial charge is 0.392 e. The molecule has 3 fully saturated rings. The number of rotatable bonds is 0. The van der Waals surface area contributed by atoms with Crippen molar-refractivity contribution >= 4 is 23.2 Å². The SMILES string of the molecule is C[C@]12CCC(=O)C(Cl)=C1CC[C@H]1[C@@H]3[C@@H](O)CC(=O)[C@@]3(C)CC[C@@H]12. The van der Waals surface area contributed by atoms with Crippen LogP contribution in [0, 0.1) is 28.6 Å². The summed E-state index contributed by atoms with van der Waals surface area (Å²) in [5.41, 5.74) is 0.784. The molecule has 0 aromatic carbocycles. The van der Waals surface area contributed by atoms with Gasteiger partial charge in [0.25, 0.3) is 0 Å². The zero-order valence-corrected chi connectivity index (χ0v) is 14.7. The Bertz CT molecular complexity index is 624. The number of allylic oxidation sites excluding steroid dienone is 1. The quantitative estimate of drug-likeness (QED) is 0.735. The Hall–Kier alpha value is -0.670. The van der Waals surface area contributed by atoms with Gasteiger partial charge in [-0.1, -0.05) is 25.4 Å². The van der Waals surface area contributed by atoms with Crippen molar-refractivity contribution in [2.24, 2.45) is 28.6 Å². The van der Waals surface area contributed by atoms with Gasteiger partial charge in [0.2, 0.25) is 0 Å². The Morgan fingerprint density at radius 1 is 1.09 bits per heavy atom. The van der Waals surface area contributed by atoms with E-state index in [4.69, 9.17) is 11.6 Å². The van der Waals surface area contributed by atoms with Crippen LogP contribution < -0.4 is 0 Å². The number of ketones is 2. The molecule has 0 aliphatic heterocycles. The molecule has 0 spiro atoms. The van der Waals surface area contributed by atoms with Crippen LogP contribution in [-0.2, 0) is 9.59 Å². The third-order valence-electron chi connectivity index (χ3n) is 7.75. The van der Waals surface area contributed by atoms with Gasteiger partial charge in [-0.05, 0) is 54.9 Å². The molecule has 0 aromatic heterocycles. The molecular formula is C19H25ClO3. The van der Waals surface area contributed by atoms with Gasteiger partial charge < -0.3 is 5.11 Å². The Labute approximate surface area is 142 Å². The van der Waals surface area contributed by atoms with Crippen molar-refractivity contribution in [1.82, 2.24) is 0 Å². The zero-order valence-electron chi connectivity index (χ0n) is 13.9. The molecule has 0 unspecified atom stereocenters. The highest BCUT2D eigenvalue weighted by Gasteiger charge is 2.62. The third-order valence-corrected chi connectivity index (χ3v) is 8.19. The molecule has 0 radical (unpaired) electrons. The number of fused-ring (bicyclic) bond motifs is 5. The topological polar surface area (TPSA) is 54.4 Å². The molecule has 1 N–H and O–H groups in total. The van der Waals surface area contributed by atoms with E-state index in [2.05, 4.69) is 13.8 Å². The van der Waals surface area contributed by atoms with Crippen molar-refractivity contribution in [2.45, 2.75) is 64.9 Å². The number of Topliss-reactive ketones (excluding diaryl/α,β-unsaturated/α-hetero) is 2. The molecule has 4 rings (SSSR count). The van der Waals surface area contributed by atoms with Crippen LogP contribution in [-0.4, -0.2) is 22.8 Å². The van der Waals surface area contributed by atoms with E-state index >= 15 is 0 Å². The van der Waals surface area contributed by atoms with Crippen LogP contribution in [0.1, 0.15) is 58.8 Å². The van der Waals surface area contributed by atoms with E-state index in [1.165, 1.54) is 0 Å². The van der Waals surface area contributed by atoms with Crippen LogP contribution in [0.25, 0.3) is 0 Å². The van der Waals surface area contributed by atoms with Gasteiger partial charge in [-0.15, -0.1) is 0 Å². The molecule has 0 heterocycles. The average Bonchev–Trinajstić information content (AvgIpc) is 2.73. The molecule has 4 aliphatic carbocycles. The van der Waals surface area contributed by atoms with E-state index in [0.717, 1.165) is 37.7 Å². The normalized spacial score (nSPS) is 49.7. The maximum Gasteiger partial charge on any atom is 0.174 e. The molecule has 0 amide bonds. The summed E-state index contributed by atoms with van der Waals surface area (Å²) < 4.78 is 0. The van der Waals surface area contributed by atoms with Crippen LogP contribution in [0.3, 0.4) is 0 Å². The molecular weight excluding hydrogens is 312 g/mol. The van der Waals surface area contributed by atoms with Crippen molar-refractivity contribution in [2.75, 3.05) is 0 Å². The monoisotopic (exact) mass is 336 g/mol. The second kappa shape index (κ2) is 4.92. The van der Waals surface area contributed by atoms with Crippen LogP contribution in [0.4, 0.5) is 0 Å². The fraction of sp³-hybridized carbons (Fsp3) is 0.789. The zero-order chi connectivity index (χ0) is 16.6. The number of aliphatic hydroxyl groups is 1. The molecule has 0 aromatic rings. The van der Waals surface area contributed by atoms with E-state index in [9.17, 15) is 14.7 Å². The summed E-state index contributed by atoms with van der Waals surface area (Å²) in [6.45, 7) is 4.33. The second-order valence-corrected chi connectivity index (χ2v) is 9.00. The first-order valence-electron chi connectivity index (χ1n) is 8.93. The van der Waals surface area contributed by atoms with Crippen LogP contribution in [0.2, 0.25) is 0 Å². The van der Waals surface area contributed by atoms with Gasteiger partial charge in [-0.3, -0.25) is 9.59 Å². The summed E-state index contributed by atoms with van der Waals surface area (Å²) in [5, 5.41) is 11.0. The fourth-order valence-electron chi connectivity index (χ4n) is 6.48. The van der Waals surface area contributed by atoms with Crippen molar-refractivity contribution in [3.63, 3.8) is 0 Å². The summed E-state index contributed by atoms with van der Waals surface area (Å²) in [7, 11) is 0. The number of aliphatic hydroxyl groups excluding tert-OH is 1. The summed E-state index contributed by atoms with van der Waals surface area (Å²) in [5.74, 6) is 1.24. The lowest BCUT2D eigenvalue weighted by atomic mass is 9.47. The van der Waals surface area contributed by atoms with Gasteiger partial charge in [0.05, 0.1) is 11.1 Å². The third kappa shape index (κ3) is 1.93. The van der Waals surface area contributed by atoms with Gasteiger partial charge in [0.1, 0.15) is 5.78 Å². The van der Waals surface area contributed by atoms with E-state index < -0.39 is 6.10 Å². The van der Waals surface area contributed by atoms with Crippen molar-refractivity contribution in [3.8, 4) is 0 Å². The Kier molecular flexibility index (Phi) is 3.39. The maximum atomic E-state index is 12.4. The number of hydrogen-bond donors (Lipinski definition) is 1. The lowest BCUT2D eigenvalue weighted by Crippen LogP contribution is -2.52. The number of carbonyl (C=O) groups excluding carboxylic acids is 2. The molecule has 23 heavy (non-hydrogen) atoms. The van der Waals surface area contributed by atoms with Gasteiger partial charge in [-0.25, -0.2) is 0 Å². The standard InChI is InChI=1S/C19H25ClO3/c1-18-8-6-13(21)17(20)12(18)4-3-10-11(18)5-7-19(2)15(23)9-14(22)16(10)19/h10-11,14,16,22H,3-9H2,1-2H3/t10-,11+,14+,16-,18-,19-/m1/s1. The summed E-state index contributed by atoms with van der Waals surface area (Å²) in [4.78, 5) is 24.4. The molecule has 6 atom stereocenters. The predicted octanol–water partition coefficient (Wildman–Crippen LogP) is 3.62. The lowest BCUT2D eigenvalue weighted by Gasteiger charge is -2.57. The fourth-order valence-corrected chi connectivity index (χ4v) is 6.89. The highest BCUT2D eigenvalue weighted by atomic mass is 35.5. The first kappa shape index (κ1) is 15.8. The molecule has 0 saturated heterocycles. The first-order valence-corrected chi connectivity index (χ1v) is 9.30. The predicted molar refractivity (Wildman–Crippen MR) is 87.9 cm³/mol. The lowest BCUT2D eigenvalue weighted by molar-refractivity contribution is -0.133. The molecule has 3 nitrogen and oxygen atoms in total. The van der Waals surface area contributed by atoms with E-state index in [-0.39, 0.29) is 28.3 Å². The first-order chi connectivity index (χ1) is 10.8. The average molecular weight is 337 g/mol. The summed E-state index contributed by atoms with van der Waals surface area (Å²) in [6.07, 6.45) is 4.90. The molecule has 4 aliphatic rings. The molecule has 3 saturated carbocycles. The van der Waals surface area contributed by atoms with Crippen molar-refractivity contribution < 1.29 is 14.7 Å². The number of hydrogen-bond acceptors (Lipinski definition) is 3. The van der Waals surface area contributed by atoms with Crippen LogP contribution >= 0.6 is 11.6 Å². The maximum absolute atomic E-state index is 12.4. The minimum absolute atomic E-state index is 0.0272. The Morgan fingerprint density at radius 2 is 1.83 bits per heavy atom. The Morgan fingerprint density at radius 3 is 2.57 bits per heavy atom. The van der Waals surface area contributed by atoms with Crippen molar-refractivity contribution in [1.29, 1.82) is 0 Å².